The number of benzene rings is 1. The molecule has 1 aromatic heterocycles. The maximum atomic E-state index is 12.7. The first kappa shape index (κ1) is 25.0. The van der Waals surface area contributed by atoms with E-state index in [4.69, 9.17) is 0 Å². The van der Waals surface area contributed by atoms with Crippen molar-refractivity contribution in [2.24, 2.45) is 0 Å². The van der Waals surface area contributed by atoms with Crippen LogP contribution in [0, 0.1) is 3.57 Å². The number of hydrogen-bond donors (Lipinski definition) is 2. The second-order valence-electron chi connectivity index (χ2n) is 6.19. The maximum Gasteiger partial charge on any atom is 0.261 e. The van der Waals surface area contributed by atoms with Gasteiger partial charge in [0.2, 0.25) is 0 Å². The minimum Gasteiger partial charge on any atom is -0.391 e. The number of halogens is 3. The zero-order valence-corrected chi connectivity index (χ0v) is 21.1. The predicted octanol–water partition coefficient (Wildman–Crippen LogP) is 2.95. The Morgan fingerprint density at radius 2 is 2.19 bits per heavy atom. The number of thioether (sulfide) groups is 1. The summed E-state index contributed by atoms with van der Waals surface area (Å²) in [6.07, 6.45) is 4.73. The summed E-state index contributed by atoms with van der Waals surface area (Å²) >= 11 is 3.80. The van der Waals surface area contributed by atoms with Gasteiger partial charge in [-0.3, -0.25) is 14.2 Å². The van der Waals surface area contributed by atoms with Crippen LogP contribution in [0.4, 0.5) is 0 Å². The van der Waals surface area contributed by atoms with Crippen molar-refractivity contribution < 1.29 is 9.90 Å². The molecule has 2 N–H and O–H groups in total. The number of piperidine rings is 1. The van der Waals surface area contributed by atoms with Crippen LogP contribution in [0.2, 0.25) is 0 Å². The standard InChI is InChI=1S/C17H20IN3O3S.2BrH/c1-25-16-6-11-13(7-12(16)18)20-9-21(17(11)24)8-10(22)5-14-15(23)3-2-4-19-14;;/h6-7,9,14-15,19,23H,2-5,8H2,1H3;2*1H/t14-,15+;;/m0../s1. The van der Waals surface area contributed by atoms with Crippen molar-refractivity contribution in [2.45, 2.75) is 42.8 Å². The van der Waals surface area contributed by atoms with Gasteiger partial charge in [0.15, 0.2) is 5.78 Å². The van der Waals surface area contributed by atoms with Crippen LogP contribution >= 0.6 is 68.3 Å². The smallest absolute Gasteiger partial charge is 0.261 e. The van der Waals surface area contributed by atoms with Gasteiger partial charge in [-0.1, -0.05) is 0 Å². The number of nitrogens with zero attached hydrogens (tertiary/aromatic N) is 2. The Labute approximate surface area is 196 Å². The topological polar surface area (TPSA) is 84.2 Å². The number of Topliss-reactive ketones (excluding diaryl/α,β-unsaturated/α-hetero) is 1. The first-order valence-electron chi connectivity index (χ1n) is 8.15. The average molecular weight is 635 g/mol. The Morgan fingerprint density at radius 3 is 2.85 bits per heavy atom. The number of aromatic nitrogens is 2. The van der Waals surface area contributed by atoms with Crippen LogP contribution in [0.5, 0.6) is 0 Å². The zero-order chi connectivity index (χ0) is 18.0. The molecule has 10 heteroatoms. The number of carbonyl (C=O) groups excluding carboxylic acids is 1. The normalized spacial score (nSPS) is 19.2. The van der Waals surface area contributed by atoms with Crippen LogP contribution in [-0.2, 0) is 11.3 Å². The SMILES string of the molecule is Br.Br.CSc1cc2c(=O)n(CC(=O)C[C@@H]3NCCC[C@H]3O)cnc2cc1I. The lowest BCUT2D eigenvalue weighted by atomic mass is 9.97. The summed E-state index contributed by atoms with van der Waals surface area (Å²) in [5.74, 6) is -0.0858. The van der Waals surface area contributed by atoms with Crippen LogP contribution < -0.4 is 10.9 Å². The van der Waals surface area contributed by atoms with E-state index in [0.717, 1.165) is 21.4 Å². The van der Waals surface area contributed by atoms with E-state index in [1.54, 1.807) is 11.8 Å². The van der Waals surface area contributed by atoms with Gasteiger partial charge in [0.1, 0.15) is 0 Å². The summed E-state index contributed by atoms with van der Waals surface area (Å²) in [6, 6.07) is 3.50. The van der Waals surface area contributed by atoms with Gasteiger partial charge in [0, 0.05) is 20.9 Å². The molecule has 0 radical (unpaired) electrons. The highest BCUT2D eigenvalue weighted by Crippen LogP contribution is 2.25. The molecule has 2 aromatic rings. The minimum absolute atomic E-state index is 0. The van der Waals surface area contributed by atoms with Crippen molar-refractivity contribution in [3.63, 3.8) is 0 Å². The summed E-state index contributed by atoms with van der Waals surface area (Å²) < 4.78 is 2.41. The van der Waals surface area contributed by atoms with Crippen LogP contribution in [0.1, 0.15) is 19.3 Å². The third-order valence-corrected chi connectivity index (χ3v) is 6.48. The molecule has 0 aliphatic carbocycles. The molecule has 1 saturated heterocycles. The molecule has 1 fully saturated rings. The number of hydrogen-bond acceptors (Lipinski definition) is 6. The highest BCUT2D eigenvalue weighted by Gasteiger charge is 2.25. The molecule has 2 atom stereocenters. The molecular formula is C17H22Br2IN3O3S. The summed E-state index contributed by atoms with van der Waals surface area (Å²) in [5, 5.41) is 13.7. The highest BCUT2D eigenvalue weighted by molar-refractivity contribution is 14.1. The fourth-order valence-corrected chi connectivity index (χ4v) is 4.67. The Balaban J connectivity index is 0.00000182. The zero-order valence-electron chi connectivity index (χ0n) is 14.7. The number of aliphatic hydroxyl groups is 1. The van der Waals surface area contributed by atoms with E-state index >= 15 is 0 Å². The highest BCUT2D eigenvalue weighted by atomic mass is 127. The minimum atomic E-state index is -0.504. The van der Waals surface area contributed by atoms with E-state index < -0.39 is 6.10 Å². The van der Waals surface area contributed by atoms with E-state index in [2.05, 4.69) is 32.9 Å². The van der Waals surface area contributed by atoms with Crippen LogP contribution in [-0.4, -0.2) is 45.4 Å². The van der Waals surface area contributed by atoms with Crippen LogP contribution in [0.3, 0.4) is 0 Å². The molecule has 0 bridgehead atoms. The average Bonchev–Trinajstić information content (AvgIpc) is 2.59. The fourth-order valence-electron chi connectivity index (χ4n) is 3.07. The van der Waals surface area contributed by atoms with Crippen molar-refractivity contribution in [1.82, 2.24) is 14.9 Å². The van der Waals surface area contributed by atoms with Gasteiger partial charge in [0.25, 0.3) is 5.56 Å². The maximum absolute atomic E-state index is 12.7. The van der Waals surface area contributed by atoms with Gasteiger partial charge >= 0.3 is 0 Å². The molecule has 1 aliphatic rings. The molecule has 27 heavy (non-hydrogen) atoms. The number of carbonyl (C=O) groups is 1. The molecular weight excluding hydrogens is 613 g/mol. The van der Waals surface area contributed by atoms with Gasteiger partial charge < -0.3 is 10.4 Å². The molecule has 2 heterocycles. The molecule has 0 spiro atoms. The lowest BCUT2D eigenvalue weighted by Gasteiger charge is -2.28. The summed E-state index contributed by atoms with van der Waals surface area (Å²) in [6.45, 7) is 0.788. The van der Waals surface area contributed by atoms with Gasteiger partial charge in [-0.15, -0.1) is 45.7 Å². The van der Waals surface area contributed by atoms with Crippen molar-refractivity contribution in [2.75, 3.05) is 12.8 Å². The first-order chi connectivity index (χ1) is 12.0. The van der Waals surface area contributed by atoms with Crippen molar-refractivity contribution in [1.29, 1.82) is 0 Å². The van der Waals surface area contributed by atoms with E-state index in [9.17, 15) is 14.7 Å². The first-order valence-corrected chi connectivity index (χ1v) is 10.5. The quantitative estimate of drug-likeness (QED) is 0.389. The van der Waals surface area contributed by atoms with Gasteiger partial charge in [-0.25, -0.2) is 4.98 Å². The fraction of sp³-hybridized carbons (Fsp3) is 0.471. The molecule has 0 saturated carbocycles. The van der Waals surface area contributed by atoms with Gasteiger partial charge in [0.05, 0.1) is 29.9 Å². The Morgan fingerprint density at radius 1 is 1.44 bits per heavy atom. The largest absolute Gasteiger partial charge is 0.391 e. The molecule has 1 aliphatic heterocycles. The third-order valence-electron chi connectivity index (χ3n) is 4.44. The lowest BCUT2D eigenvalue weighted by molar-refractivity contribution is -0.121. The second kappa shape index (κ2) is 11.2. The van der Waals surface area contributed by atoms with Crippen LogP contribution in [0.25, 0.3) is 10.9 Å². The Kier molecular flexibility index (Phi) is 10.4. The number of fused-ring (bicyclic) bond motifs is 1. The molecule has 0 unspecified atom stereocenters. The van der Waals surface area contributed by atoms with E-state index in [1.807, 2.05) is 18.4 Å². The molecule has 3 rings (SSSR count). The van der Waals surface area contributed by atoms with E-state index in [1.165, 1.54) is 10.9 Å². The third kappa shape index (κ3) is 5.99. The Hall–Kier alpha value is -0.01000. The van der Waals surface area contributed by atoms with E-state index in [0.29, 0.717) is 17.3 Å². The van der Waals surface area contributed by atoms with E-state index in [-0.39, 0.29) is 64.3 Å². The van der Waals surface area contributed by atoms with Crippen molar-refractivity contribution >= 4 is 85.0 Å². The van der Waals surface area contributed by atoms with Crippen LogP contribution in [0.15, 0.2) is 28.2 Å². The number of ketones is 1. The summed E-state index contributed by atoms with van der Waals surface area (Å²) in [5.41, 5.74) is 0.433. The van der Waals surface area contributed by atoms with Crippen molar-refractivity contribution in [3.8, 4) is 0 Å². The monoisotopic (exact) mass is 633 g/mol. The molecule has 1 aromatic carbocycles. The number of aliphatic hydroxyl groups excluding tert-OH is 1. The molecule has 0 amide bonds. The lowest BCUT2D eigenvalue weighted by Crippen LogP contribution is -2.46. The van der Waals surface area contributed by atoms with Gasteiger partial charge in [-0.05, 0) is 60.4 Å². The molecule has 6 nitrogen and oxygen atoms in total. The summed E-state index contributed by atoms with van der Waals surface area (Å²) in [7, 11) is 0. The predicted molar refractivity (Wildman–Crippen MR) is 128 cm³/mol. The van der Waals surface area contributed by atoms with Crippen molar-refractivity contribution in [3.05, 3.63) is 32.4 Å². The number of nitrogens with one attached hydrogen (secondary N) is 1. The number of rotatable bonds is 5. The Bertz CT molecular complexity index is 865. The van der Waals surface area contributed by atoms with Gasteiger partial charge in [-0.2, -0.15) is 0 Å². The second-order valence-corrected chi connectivity index (χ2v) is 8.20. The summed E-state index contributed by atoms with van der Waals surface area (Å²) in [4.78, 5) is 30.4. The molecule has 150 valence electrons.